The highest BCUT2D eigenvalue weighted by Crippen LogP contribution is 2.29. The van der Waals surface area contributed by atoms with Gasteiger partial charge in [0.2, 0.25) is 11.8 Å². The Balaban J connectivity index is 1.55. The fourth-order valence-corrected chi connectivity index (χ4v) is 2.88. The minimum atomic E-state index is -0.168. The molecular weight excluding hydrogens is 308 g/mol. The summed E-state index contributed by atoms with van der Waals surface area (Å²) in [4.78, 5) is 16.4. The molecule has 0 unspecified atom stereocenters. The van der Waals surface area contributed by atoms with Crippen LogP contribution in [0.25, 0.3) is 0 Å². The number of hydrogen-bond donors (Lipinski definition) is 1. The van der Waals surface area contributed by atoms with E-state index in [-0.39, 0.29) is 18.1 Å². The monoisotopic (exact) mass is 330 g/mol. The molecule has 1 aliphatic rings. The summed E-state index contributed by atoms with van der Waals surface area (Å²) in [6, 6.07) is 7.51. The molecule has 1 saturated heterocycles. The summed E-state index contributed by atoms with van der Waals surface area (Å²) in [6.07, 6.45) is 3.36. The molecule has 6 heteroatoms. The van der Waals surface area contributed by atoms with Gasteiger partial charge in [-0.3, -0.25) is 4.79 Å². The van der Waals surface area contributed by atoms with Crippen molar-refractivity contribution in [3.8, 4) is 5.88 Å². The lowest BCUT2D eigenvalue weighted by Crippen LogP contribution is -2.36. The predicted octanol–water partition coefficient (Wildman–Crippen LogP) is 2.57. The van der Waals surface area contributed by atoms with Crippen molar-refractivity contribution < 1.29 is 18.7 Å². The number of carbonyl (C=O) groups excluding carboxylic acids is 1. The maximum Gasteiger partial charge on any atom is 0.220 e. The van der Waals surface area contributed by atoms with Crippen LogP contribution < -0.4 is 10.1 Å². The Morgan fingerprint density at radius 3 is 2.92 bits per heavy atom. The summed E-state index contributed by atoms with van der Waals surface area (Å²) in [6.45, 7) is 2.52. The molecule has 1 fully saturated rings. The van der Waals surface area contributed by atoms with Gasteiger partial charge in [0.15, 0.2) is 0 Å². The minimum Gasteiger partial charge on any atom is -0.481 e. The van der Waals surface area contributed by atoms with E-state index >= 15 is 0 Å². The Morgan fingerprint density at radius 2 is 2.25 bits per heavy atom. The van der Waals surface area contributed by atoms with Crippen molar-refractivity contribution in [3.63, 3.8) is 0 Å². The molecule has 1 aliphatic heterocycles. The predicted molar refractivity (Wildman–Crippen MR) is 87.8 cm³/mol. The topological polar surface area (TPSA) is 73.6 Å². The second-order valence-electron chi connectivity index (χ2n) is 5.90. The van der Waals surface area contributed by atoms with Crippen LogP contribution in [0.2, 0.25) is 0 Å². The minimum absolute atomic E-state index is 0.00558. The largest absolute Gasteiger partial charge is 0.481 e. The lowest BCUT2D eigenvalue weighted by atomic mass is 10.0. The number of rotatable bonds is 6. The van der Waals surface area contributed by atoms with Gasteiger partial charge in [0.05, 0.1) is 13.2 Å². The Kier molecular flexibility index (Phi) is 5.15. The Bertz CT molecular complexity index is 681. The molecule has 0 radical (unpaired) electrons. The molecule has 0 spiro atoms. The lowest BCUT2D eigenvalue weighted by Gasteiger charge is -2.20. The molecule has 1 amide bonds. The van der Waals surface area contributed by atoms with Crippen LogP contribution in [0.15, 0.2) is 34.9 Å². The molecule has 1 N–H and O–H groups in total. The zero-order valence-electron chi connectivity index (χ0n) is 14.0. The molecule has 2 aromatic heterocycles. The van der Waals surface area contributed by atoms with E-state index in [2.05, 4.69) is 10.3 Å². The third kappa shape index (κ3) is 3.94. The van der Waals surface area contributed by atoms with Crippen molar-refractivity contribution in [3.05, 3.63) is 47.5 Å². The highest BCUT2D eigenvalue weighted by Gasteiger charge is 2.31. The molecule has 0 saturated carbocycles. The van der Waals surface area contributed by atoms with E-state index in [1.54, 1.807) is 19.4 Å². The van der Waals surface area contributed by atoms with Crippen LogP contribution in [-0.2, 0) is 16.0 Å². The smallest absolute Gasteiger partial charge is 0.220 e. The van der Waals surface area contributed by atoms with Gasteiger partial charge < -0.3 is 19.2 Å². The maximum atomic E-state index is 12.2. The van der Waals surface area contributed by atoms with Gasteiger partial charge in [-0.1, -0.05) is 0 Å². The maximum absolute atomic E-state index is 12.2. The van der Waals surface area contributed by atoms with Gasteiger partial charge in [-0.15, -0.1) is 0 Å². The molecule has 24 heavy (non-hydrogen) atoms. The zero-order valence-corrected chi connectivity index (χ0v) is 14.0. The summed E-state index contributed by atoms with van der Waals surface area (Å²) >= 11 is 0. The van der Waals surface area contributed by atoms with Gasteiger partial charge in [-0.25, -0.2) is 4.98 Å². The van der Waals surface area contributed by atoms with Crippen LogP contribution in [0.5, 0.6) is 5.88 Å². The Labute approximate surface area is 141 Å². The number of hydrogen-bond acceptors (Lipinski definition) is 5. The van der Waals surface area contributed by atoms with Crippen LogP contribution in [-0.4, -0.2) is 30.6 Å². The molecule has 3 heterocycles. The van der Waals surface area contributed by atoms with Crippen molar-refractivity contribution in [2.24, 2.45) is 0 Å². The SMILES string of the molecule is COc1ccc([C@H]2OCC[C@@H]2NC(=O)CCc2ccc(C)o2)cn1. The quantitative estimate of drug-likeness (QED) is 0.881. The first-order chi connectivity index (χ1) is 11.7. The fourth-order valence-electron chi connectivity index (χ4n) is 2.88. The third-order valence-electron chi connectivity index (χ3n) is 4.13. The summed E-state index contributed by atoms with van der Waals surface area (Å²) in [5.74, 6) is 2.26. The second-order valence-corrected chi connectivity index (χ2v) is 5.90. The summed E-state index contributed by atoms with van der Waals surface area (Å²) in [7, 11) is 1.58. The molecule has 2 aromatic rings. The number of methoxy groups -OCH3 is 1. The molecule has 0 bridgehead atoms. The van der Waals surface area contributed by atoms with Crippen LogP contribution in [0.1, 0.15) is 36.0 Å². The standard InChI is InChI=1S/C18H22N2O4/c1-12-3-5-14(24-12)6-7-16(21)20-15-9-10-23-18(15)13-4-8-17(22-2)19-11-13/h3-5,8,11,15,18H,6-7,9-10H2,1-2H3,(H,20,21)/t15-,18+/m0/s1. The van der Waals surface area contributed by atoms with Crippen LogP contribution in [0.3, 0.4) is 0 Å². The number of aromatic nitrogens is 1. The van der Waals surface area contributed by atoms with E-state index in [0.29, 0.717) is 25.3 Å². The number of carbonyl (C=O) groups is 1. The molecule has 3 rings (SSSR count). The van der Waals surface area contributed by atoms with E-state index in [1.807, 2.05) is 25.1 Å². The van der Waals surface area contributed by atoms with Gasteiger partial charge in [0, 0.05) is 37.3 Å². The normalized spacial score (nSPS) is 20.1. The number of furan rings is 1. The average molecular weight is 330 g/mol. The highest BCUT2D eigenvalue weighted by molar-refractivity contribution is 5.76. The van der Waals surface area contributed by atoms with Crippen molar-refractivity contribution in [2.45, 2.75) is 38.3 Å². The summed E-state index contributed by atoms with van der Waals surface area (Å²) < 4.78 is 16.3. The van der Waals surface area contributed by atoms with Crippen molar-refractivity contribution >= 4 is 5.91 Å². The number of nitrogens with zero attached hydrogens (tertiary/aromatic N) is 1. The molecule has 6 nitrogen and oxygen atoms in total. The molecule has 0 aliphatic carbocycles. The fraction of sp³-hybridized carbons (Fsp3) is 0.444. The van der Waals surface area contributed by atoms with Gasteiger partial charge in [0.1, 0.15) is 17.6 Å². The van der Waals surface area contributed by atoms with Crippen LogP contribution >= 0.6 is 0 Å². The second kappa shape index (κ2) is 7.49. The first kappa shape index (κ1) is 16.5. The van der Waals surface area contributed by atoms with E-state index in [9.17, 15) is 4.79 Å². The summed E-state index contributed by atoms with van der Waals surface area (Å²) in [5, 5.41) is 3.07. The lowest BCUT2D eigenvalue weighted by molar-refractivity contribution is -0.122. The van der Waals surface area contributed by atoms with Gasteiger partial charge in [-0.05, 0) is 31.5 Å². The average Bonchev–Trinajstić information content (AvgIpc) is 3.22. The molecule has 0 aromatic carbocycles. The van der Waals surface area contributed by atoms with Gasteiger partial charge in [0.25, 0.3) is 0 Å². The Hall–Kier alpha value is -2.34. The van der Waals surface area contributed by atoms with Crippen molar-refractivity contribution in [2.75, 3.05) is 13.7 Å². The van der Waals surface area contributed by atoms with Crippen LogP contribution in [0.4, 0.5) is 0 Å². The van der Waals surface area contributed by atoms with E-state index in [4.69, 9.17) is 13.9 Å². The molecular formula is C18H22N2O4. The first-order valence-corrected chi connectivity index (χ1v) is 8.12. The number of aryl methyl sites for hydroxylation is 2. The zero-order chi connectivity index (χ0) is 16.9. The van der Waals surface area contributed by atoms with E-state index in [0.717, 1.165) is 23.5 Å². The van der Waals surface area contributed by atoms with Gasteiger partial charge in [-0.2, -0.15) is 0 Å². The van der Waals surface area contributed by atoms with Crippen molar-refractivity contribution in [1.29, 1.82) is 0 Å². The number of nitrogens with one attached hydrogen (secondary N) is 1. The van der Waals surface area contributed by atoms with E-state index in [1.165, 1.54) is 0 Å². The first-order valence-electron chi connectivity index (χ1n) is 8.12. The number of pyridine rings is 1. The molecule has 128 valence electrons. The molecule has 2 atom stereocenters. The Morgan fingerprint density at radius 1 is 1.38 bits per heavy atom. The third-order valence-corrected chi connectivity index (χ3v) is 4.13. The number of ether oxygens (including phenoxy) is 2. The summed E-state index contributed by atoms with van der Waals surface area (Å²) in [5.41, 5.74) is 0.945. The highest BCUT2D eigenvalue weighted by atomic mass is 16.5. The van der Waals surface area contributed by atoms with Gasteiger partial charge >= 0.3 is 0 Å². The number of amides is 1. The van der Waals surface area contributed by atoms with E-state index < -0.39 is 0 Å². The van der Waals surface area contributed by atoms with Crippen LogP contribution in [0, 0.1) is 6.92 Å². The van der Waals surface area contributed by atoms with Crippen molar-refractivity contribution in [1.82, 2.24) is 10.3 Å².